The summed E-state index contributed by atoms with van der Waals surface area (Å²) in [6, 6.07) is 23.5. The summed E-state index contributed by atoms with van der Waals surface area (Å²) in [6.07, 6.45) is -0.400. The lowest BCUT2D eigenvalue weighted by molar-refractivity contribution is 0.102. The van der Waals surface area contributed by atoms with Crippen LogP contribution in [0.1, 0.15) is 10.4 Å². The van der Waals surface area contributed by atoms with E-state index in [0.717, 1.165) is 5.75 Å². The van der Waals surface area contributed by atoms with Crippen LogP contribution in [-0.4, -0.2) is 25.2 Å². The Morgan fingerprint density at radius 1 is 0.929 bits per heavy atom. The topological polar surface area (TPSA) is 67.9 Å². The Balaban J connectivity index is 1.48. The Bertz CT molecular complexity index is 1000. The number of nitrogens with one attached hydrogen (secondary N) is 1. The predicted octanol–water partition coefficient (Wildman–Crippen LogP) is 4.69. The van der Waals surface area contributed by atoms with Crippen molar-refractivity contribution >= 4 is 23.4 Å². The van der Waals surface area contributed by atoms with Crippen LogP contribution < -0.4 is 15.0 Å². The Labute approximate surface area is 162 Å². The van der Waals surface area contributed by atoms with E-state index in [4.69, 9.17) is 9.47 Å². The van der Waals surface area contributed by atoms with Crippen molar-refractivity contribution in [1.29, 1.82) is 0 Å². The minimum atomic E-state index is -0.400. The molecule has 1 aliphatic heterocycles. The van der Waals surface area contributed by atoms with E-state index in [1.165, 1.54) is 4.90 Å². The second-order valence-electron chi connectivity index (χ2n) is 6.21. The van der Waals surface area contributed by atoms with E-state index in [0.29, 0.717) is 35.8 Å². The highest BCUT2D eigenvalue weighted by Crippen LogP contribution is 2.25. The van der Waals surface area contributed by atoms with Gasteiger partial charge in [0.15, 0.2) is 0 Å². The van der Waals surface area contributed by atoms with Crippen molar-refractivity contribution in [1.82, 2.24) is 0 Å². The van der Waals surface area contributed by atoms with Crippen LogP contribution in [0.2, 0.25) is 0 Å². The molecule has 4 rings (SSSR count). The molecule has 1 heterocycles. The third kappa shape index (κ3) is 3.96. The Morgan fingerprint density at radius 2 is 1.71 bits per heavy atom. The maximum absolute atomic E-state index is 12.6. The lowest BCUT2D eigenvalue weighted by atomic mass is 10.1. The molecule has 0 spiro atoms. The van der Waals surface area contributed by atoms with Gasteiger partial charge in [-0.15, -0.1) is 0 Å². The van der Waals surface area contributed by atoms with E-state index in [2.05, 4.69) is 5.32 Å². The van der Waals surface area contributed by atoms with Gasteiger partial charge in [-0.05, 0) is 42.5 Å². The van der Waals surface area contributed by atoms with Crippen LogP contribution in [0.5, 0.6) is 11.5 Å². The van der Waals surface area contributed by atoms with E-state index in [1.54, 1.807) is 36.4 Å². The largest absolute Gasteiger partial charge is 0.457 e. The molecule has 6 nitrogen and oxygen atoms in total. The van der Waals surface area contributed by atoms with Crippen LogP contribution >= 0.6 is 0 Å². The number of ether oxygens (including phenoxy) is 2. The van der Waals surface area contributed by atoms with Crippen molar-refractivity contribution in [2.75, 3.05) is 23.4 Å². The van der Waals surface area contributed by atoms with Gasteiger partial charge in [0.1, 0.15) is 18.1 Å². The molecule has 1 N–H and O–H groups in total. The summed E-state index contributed by atoms with van der Waals surface area (Å²) in [5.41, 5.74) is 1.70. The normalized spacial score (nSPS) is 13.1. The summed E-state index contributed by atoms with van der Waals surface area (Å²) >= 11 is 0. The average Bonchev–Trinajstić information content (AvgIpc) is 3.15. The molecule has 6 heteroatoms. The maximum atomic E-state index is 12.6. The molecule has 0 aromatic heterocycles. The molecule has 0 radical (unpaired) electrons. The first kappa shape index (κ1) is 17.6. The highest BCUT2D eigenvalue weighted by molar-refractivity contribution is 6.05. The summed E-state index contributed by atoms with van der Waals surface area (Å²) in [4.78, 5) is 25.9. The molecular formula is C22H18N2O4. The Hall–Kier alpha value is -3.80. The number of cyclic esters (lactones) is 1. The molecule has 1 fully saturated rings. The van der Waals surface area contributed by atoms with Gasteiger partial charge >= 0.3 is 6.09 Å². The van der Waals surface area contributed by atoms with Gasteiger partial charge in [0.2, 0.25) is 0 Å². The number of carbonyl (C=O) groups excluding carboxylic acids is 2. The summed E-state index contributed by atoms with van der Waals surface area (Å²) in [6.45, 7) is 0.826. The van der Waals surface area contributed by atoms with Gasteiger partial charge in [-0.1, -0.05) is 30.3 Å². The molecule has 1 aliphatic rings. The molecule has 0 unspecified atom stereocenters. The molecule has 0 bridgehead atoms. The first-order valence-corrected chi connectivity index (χ1v) is 8.88. The van der Waals surface area contributed by atoms with Crippen molar-refractivity contribution in [3.05, 3.63) is 84.4 Å². The third-order valence-corrected chi connectivity index (χ3v) is 4.25. The van der Waals surface area contributed by atoms with Crippen LogP contribution in [0.4, 0.5) is 16.2 Å². The summed E-state index contributed by atoms with van der Waals surface area (Å²) in [5.74, 6) is 1.07. The zero-order valence-electron chi connectivity index (χ0n) is 15.0. The Kier molecular flexibility index (Phi) is 4.93. The molecule has 140 valence electrons. The highest BCUT2D eigenvalue weighted by atomic mass is 16.6. The lowest BCUT2D eigenvalue weighted by Crippen LogP contribution is -2.23. The van der Waals surface area contributed by atoms with Gasteiger partial charge in [0, 0.05) is 23.0 Å². The number of carbonyl (C=O) groups is 2. The molecular weight excluding hydrogens is 356 g/mol. The Morgan fingerprint density at radius 3 is 2.50 bits per heavy atom. The van der Waals surface area contributed by atoms with E-state index >= 15 is 0 Å². The second-order valence-corrected chi connectivity index (χ2v) is 6.21. The van der Waals surface area contributed by atoms with E-state index in [9.17, 15) is 9.59 Å². The number of anilines is 2. The van der Waals surface area contributed by atoms with Gasteiger partial charge in [-0.25, -0.2) is 4.79 Å². The fourth-order valence-electron chi connectivity index (χ4n) is 2.91. The molecule has 0 atom stereocenters. The first-order valence-electron chi connectivity index (χ1n) is 8.88. The quantitative estimate of drug-likeness (QED) is 0.704. The van der Waals surface area contributed by atoms with Crippen molar-refractivity contribution in [3.8, 4) is 11.5 Å². The first-order chi connectivity index (χ1) is 13.7. The predicted molar refractivity (Wildman–Crippen MR) is 106 cm³/mol. The van der Waals surface area contributed by atoms with Crippen LogP contribution in [0.25, 0.3) is 0 Å². The van der Waals surface area contributed by atoms with E-state index in [-0.39, 0.29) is 5.91 Å². The SMILES string of the molecule is O=C(Nc1cccc(Oc2ccccc2)c1)c1cccc(N2CCOC2=O)c1. The van der Waals surface area contributed by atoms with Crippen molar-refractivity contribution in [2.24, 2.45) is 0 Å². The van der Waals surface area contributed by atoms with Gasteiger partial charge in [0.25, 0.3) is 5.91 Å². The zero-order valence-corrected chi connectivity index (χ0v) is 15.0. The van der Waals surface area contributed by atoms with Crippen LogP contribution in [0, 0.1) is 0 Å². The van der Waals surface area contributed by atoms with Crippen molar-refractivity contribution in [3.63, 3.8) is 0 Å². The highest BCUT2D eigenvalue weighted by Gasteiger charge is 2.24. The molecule has 0 aliphatic carbocycles. The van der Waals surface area contributed by atoms with Gasteiger partial charge < -0.3 is 14.8 Å². The number of benzene rings is 3. The average molecular weight is 374 g/mol. The minimum absolute atomic E-state index is 0.272. The number of nitrogens with zero attached hydrogens (tertiary/aromatic N) is 1. The summed E-state index contributed by atoms with van der Waals surface area (Å²) < 4.78 is 10.7. The van der Waals surface area contributed by atoms with Crippen LogP contribution in [0.15, 0.2) is 78.9 Å². The van der Waals surface area contributed by atoms with E-state index < -0.39 is 6.09 Å². The summed E-state index contributed by atoms with van der Waals surface area (Å²) in [5, 5.41) is 2.86. The zero-order chi connectivity index (χ0) is 19.3. The molecule has 0 saturated carbocycles. The standard InChI is InChI=1S/C22H18N2O4/c25-21(16-6-4-8-18(14-16)24-12-13-27-22(24)26)23-17-7-5-11-20(15-17)28-19-9-2-1-3-10-19/h1-11,14-15H,12-13H2,(H,23,25). The number of hydrogen-bond acceptors (Lipinski definition) is 4. The molecule has 3 aromatic carbocycles. The van der Waals surface area contributed by atoms with Crippen LogP contribution in [0.3, 0.4) is 0 Å². The molecule has 3 aromatic rings. The van der Waals surface area contributed by atoms with E-state index in [1.807, 2.05) is 42.5 Å². The molecule has 1 saturated heterocycles. The third-order valence-electron chi connectivity index (χ3n) is 4.25. The van der Waals surface area contributed by atoms with Gasteiger partial charge in [0.05, 0.1) is 6.54 Å². The summed E-state index contributed by atoms with van der Waals surface area (Å²) in [7, 11) is 0. The number of hydrogen-bond donors (Lipinski definition) is 1. The molecule has 2 amide bonds. The lowest BCUT2D eigenvalue weighted by Gasteiger charge is -2.14. The van der Waals surface area contributed by atoms with Gasteiger partial charge in [-0.2, -0.15) is 0 Å². The smallest absolute Gasteiger partial charge is 0.414 e. The number of rotatable bonds is 5. The van der Waals surface area contributed by atoms with Crippen molar-refractivity contribution in [2.45, 2.75) is 0 Å². The van der Waals surface area contributed by atoms with Crippen molar-refractivity contribution < 1.29 is 19.1 Å². The number of amides is 2. The second kappa shape index (κ2) is 7.84. The molecule has 28 heavy (non-hydrogen) atoms. The maximum Gasteiger partial charge on any atom is 0.414 e. The minimum Gasteiger partial charge on any atom is -0.457 e. The van der Waals surface area contributed by atoms with Crippen LogP contribution in [-0.2, 0) is 4.74 Å². The fourth-order valence-corrected chi connectivity index (χ4v) is 2.91. The monoisotopic (exact) mass is 374 g/mol. The number of para-hydroxylation sites is 1. The fraction of sp³-hybridized carbons (Fsp3) is 0.0909. The van der Waals surface area contributed by atoms with Gasteiger partial charge in [-0.3, -0.25) is 9.69 Å².